The topological polar surface area (TPSA) is 237 Å². The van der Waals surface area contributed by atoms with Crippen LogP contribution in [-0.2, 0) is 53.1 Å². The van der Waals surface area contributed by atoms with E-state index in [0.717, 1.165) is 26.2 Å². The first kappa shape index (κ1) is 53.9. The van der Waals surface area contributed by atoms with E-state index in [1.165, 1.54) is 18.2 Å². The maximum atomic E-state index is 16.8. The maximum Gasteiger partial charge on any atom is 0.329 e. The van der Waals surface area contributed by atoms with Gasteiger partial charge in [0, 0.05) is 24.1 Å². The molecule has 4 amide bonds. The van der Waals surface area contributed by atoms with E-state index in [-0.39, 0.29) is 47.7 Å². The predicted octanol–water partition coefficient (Wildman–Crippen LogP) is 5.18. The minimum absolute atomic E-state index is 0.0343. The number of cyclic esters (lactones) is 1. The molecule has 18 nitrogen and oxygen atoms in total. The summed E-state index contributed by atoms with van der Waals surface area (Å²) >= 11 is 0. The Labute approximate surface area is 439 Å². The van der Waals surface area contributed by atoms with Crippen molar-refractivity contribution in [3.05, 3.63) is 167 Å². The van der Waals surface area contributed by atoms with E-state index in [1.807, 2.05) is 36.4 Å². The Morgan fingerprint density at radius 3 is 1.99 bits per heavy atom. The largest absolute Gasteiger partial charge is 0.491 e. The number of amides is 4. The van der Waals surface area contributed by atoms with Crippen molar-refractivity contribution in [3.8, 4) is 17.6 Å². The number of morpholine rings is 1. The van der Waals surface area contributed by atoms with E-state index < -0.39 is 108 Å². The number of anilines is 1. The Balaban J connectivity index is 1.46. The molecule has 3 aliphatic heterocycles. The Bertz CT molecular complexity index is 3020. The molecule has 394 valence electrons. The molecule has 0 radical (unpaired) electrons. The zero-order valence-corrected chi connectivity index (χ0v) is 42.4. The molecule has 8 unspecified atom stereocenters. The lowest BCUT2D eigenvalue weighted by Crippen LogP contribution is -2.58. The van der Waals surface area contributed by atoms with Gasteiger partial charge in [-0.1, -0.05) is 135 Å². The number of aliphatic hydroxyl groups is 2. The molecule has 0 saturated carbocycles. The first-order chi connectivity index (χ1) is 36.7. The van der Waals surface area contributed by atoms with Gasteiger partial charge in [0.05, 0.1) is 57.7 Å². The van der Waals surface area contributed by atoms with Crippen molar-refractivity contribution in [3.63, 3.8) is 0 Å². The number of nitrogens with zero attached hydrogens (tertiary/aromatic N) is 2. The average molecular weight is 1040 g/mol. The van der Waals surface area contributed by atoms with Gasteiger partial charge in [-0.05, 0) is 52.4 Å². The van der Waals surface area contributed by atoms with E-state index in [1.54, 1.807) is 97.6 Å². The first-order valence-electron chi connectivity index (χ1n) is 24.7. The second-order valence-corrected chi connectivity index (χ2v) is 18.7. The number of carbonyl (C=O) groups is 7. The van der Waals surface area contributed by atoms with Crippen LogP contribution in [0, 0.1) is 29.6 Å². The number of methoxy groups -OCH3 is 3. The summed E-state index contributed by atoms with van der Waals surface area (Å²) in [5.41, 5.74) is -0.248. The quantitative estimate of drug-likeness (QED) is 0.0431. The molecule has 3 heterocycles. The van der Waals surface area contributed by atoms with Crippen molar-refractivity contribution < 1.29 is 67.5 Å². The number of nitrogens with one attached hydrogen (secondary N) is 2. The summed E-state index contributed by atoms with van der Waals surface area (Å²) in [4.78, 5) is 105. The standard InChI is InChI=1S/C58H58N4O14/c1-34(2)46(54(68)74-5)60-57(71)61-42-29-28-35(18-17-26-40(52(66)72-3)53(67)73-4)32-41(42)58(56(61)70)45(51(65)59-33-43(64)36-19-9-6-10-20-36)48-55(69)76-49(38-23-13-8-14-24-38)47(37-21-11-7-12-22-37)62(48)50(58)39-25-15-16-27-44(39)75-31-30-63/h6-16,19-25,27-29,32,34,40,43,45-50,63-64H,26,30-31,33H2,1-5H3,(H,59,65)(H,60,71). The number of benzene rings is 5. The Kier molecular flexibility index (Phi) is 16.6. The molecule has 3 aliphatic rings. The summed E-state index contributed by atoms with van der Waals surface area (Å²) in [6.45, 7) is 2.34. The van der Waals surface area contributed by atoms with Crippen molar-refractivity contribution in [1.82, 2.24) is 15.5 Å². The summed E-state index contributed by atoms with van der Waals surface area (Å²) in [6, 6.07) is 31.4. The Morgan fingerprint density at radius 2 is 1.37 bits per heavy atom. The lowest BCUT2D eigenvalue weighted by atomic mass is 9.65. The number of rotatable bonds is 16. The number of carbonyl (C=O) groups excluding carboxylic acids is 7. The average Bonchev–Trinajstić information content (AvgIpc) is 3.85. The highest BCUT2D eigenvalue weighted by Gasteiger charge is 2.76. The zero-order chi connectivity index (χ0) is 54.3. The van der Waals surface area contributed by atoms with Crippen LogP contribution in [0.3, 0.4) is 0 Å². The fourth-order valence-corrected chi connectivity index (χ4v) is 10.7. The van der Waals surface area contributed by atoms with Gasteiger partial charge in [-0.2, -0.15) is 0 Å². The molecule has 2 fully saturated rings. The van der Waals surface area contributed by atoms with E-state index in [0.29, 0.717) is 16.7 Å². The summed E-state index contributed by atoms with van der Waals surface area (Å²) in [7, 11) is 3.40. The normalized spacial score (nSPS) is 21.3. The van der Waals surface area contributed by atoms with Crippen molar-refractivity contribution in [2.24, 2.45) is 17.8 Å². The van der Waals surface area contributed by atoms with Gasteiger partial charge in [0.15, 0.2) is 5.92 Å². The van der Waals surface area contributed by atoms with E-state index >= 15 is 19.2 Å². The van der Waals surface area contributed by atoms with Gasteiger partial charge in [-0.3, -0.25) is 28.9 Å². The molecular weight excluding hydrogens is 977 g/mol. The van der Waals surface area contributed by atoms with Crippen LogP contribution < -0.4 is 20.3 Å². The SMILES string of the molecule is COC(=O)C(CC#Cc1ccc2c(c1)C1(C(=O)N2C(=O)NC(C(=O)OC)C(C)C)C(C(=O)NCC(O)c2ccccc2)C2C(=O)OC(c3ccccc3)C(c3ccccc3)N2C1c1ccccc1OCCO)C(=O)OC. The number of ether oxygens (including phenoxy) is 5. The number of hydrogen-bond donors (Lipinski definition) is 4. The number of urea groups is 1. The molecule has 2 saturated heterocycles. The minimum Gasteiger partial charge on any atom is -0.491 e. The van der Waals surface area contributed by atoms with Crippen molar-refractivity contribution in [2.45, 2.75) is 62.1 Å². The van der Waals surface area contributed by atoms with Crippen LogP contribution in [0.25, 0.3) is 0 Å². The third-order valence-electron chi connectivity index (χ3n) is 14.1. The second-order valence-electron chi connectivity index (χ2n) is 18.7. The van der Waals surface area contributed by atoms with Crippen molar-refractivity contribution in [1.29, 1.82) is 0 Å². The number of esters is 4. The molecule has 0 aromatic heterocycles. The van der Waals surface area contributed by atoms with Gasteiger partial charge < -0.3 is 44.5 Å². The zero-order valence-electron chi connectivity index (χ0n) is 42.4. The van der Waals surface area contributed by atoms with Gasteiger partial charge in [0.2, 0.25) is 11.8 Å². The van der Waals surface area contributed by atoms with E-state index in [9.17, 15) is 24.6 Å². The van der Waals surface area contributed by atoms with Crippen molar-refractivity contribution >= 4 is 47.4 Å². The fourth-order valence-electron chi connectivity index (χ4n) is 10.7. The molecule has 76 heavy (non-hydrogen) atoms. The number of hydrogen-bond acceptors (Lipinski definition) is 15. The number of fused-ring (bicyclic) bond motifs is 3. The lowest BCUT2D eigenvalue weighted by Gasteiger charge is -2.46. The summed E-state index contributed by atoms with van der Waals surface area (Å²) in [5.74, 6) is -3.12. The highest BCUT2D eigenvalue weighted by Crippen LogP contribution is 2.66. The first-order valence-corrected chi connectivity index (χ1v) is 24.7. The van der Waals surface area contributed by atoms with E-state index in [4.69, 9.17) is 23.7 Å². The van der Waals surface area contributed by atoms with Gasteiger partial charge in [-0.25, -0.2) is 14.5 Å². The molecule has 8 atom stereocenters. The van der Waals surface area contributed by atoms with Crippen LogP contribution in [0.5, 0.6) is 5.75 Å². The van der Waals surface area contributed by atoms with E-state index in [2.05, 4.69) is 22.5 Å². The van der Waals surface area contributed by atoms with Crippen LogP contribution in [-0.4, -0.2) is 110 Å². The summed E-state index contributed by atoms with van der Waals surface area (Å²) in [6.07, 6.45) is -2.69. The Morgan fingerprint density at radius 1 is 0.763 bits per heavy atom. The van der Waals surface area contributed by atoms with Crippen LogP contribution in [0.1, 0.15) is 77.9 Å². The molecule has 5 aromatic rings. The smallest absolute Gasteiger partial charge is 0.329 e. The molecule has 4 N–H and O–H groups in total. The molecular formula is C58H58N4O14. The molecule has 18 heteroatoms. The maximum absolute atomic E-state index is 16.8. The van der Waals surface area contributed by atoms with Crippen molar-refractivity contribution in [2.75, 3.05) is 46.0 Å². The van der Waals surface area contributed by atoms with Crippen LogP contribution in [0.4, 0.5) is 10.5 Å². The minimum atomic E-state index is -2.35. The van der Waals surface area contributed by atoms with Gasteiger partial charge in [0.25, 0.3) is 0 Å². The molecule has 1 spiro atoms. The fraction of sp³-hybridized carbons (Fsp3) is 0.328. The van der Waals surface area contributed by atoms with Gasteiger partial charge >= 0.3 is 29.9 Å². The van der Waals surface area contributed by atoms with Gasteiger partial charge in [0.1, 0.15) is 36.0 Å². The second kappa shape index (κ2) is 23.4. The Hall–Kier alpha value is -8.37. The summed E-state index contributed by atoms with van der Waals surface area (Å²) in [5, 5.41) is 27.3. The molecule has 5 aromatic carbocycles. The lowest BCUT2D eigenvalue weighted by molar-refractivity contribution is -0.178. The van der Waals surface area contributed by atoms with Crippen LogP contribution in [0.2, 0.25) is 0 Å². The summed E-state index contributed by atoms with van der Waals surface area (Å²) < 4.78 is 27.6. The highest BCUT2D eigenvalue weighted by molar-refractivity contribution is 6.25. The number of para-hydroxylation sites is 1. The van der Waals surface area contributed by atoms with Crippen LogP contribution >= 0.6 is 0 Å². The molecule has 8 rings (SSSR count). The predicted molar refractivity (Wildman–Crippen MR) is 274 cm³/mol. The number of aliphatic hydroxyl groups excluding tert-OH is 2. The molecule has 0 bridgehead atoms. The third-order valence-corrected chi connectivity index (χ3v) is 14.1. The molecule has 0 aliphatic carbocycles. The highest BCUT2D eigenvalue weighted by atomic mass is 16.6. The third kappa shape index (κ3) is 10.1. The van der Waals surface area contributed by atoms with Crippen LogP contribution in [0.15, 0.2) is 133 Å². The van der Waals surface area contributed by atoms with Gasteiger partial charge in [-0.15, -0.1) is 0 Å². The monoisotopic (exact) mass is 1030 g/mol. The number of imide groups is 1.